The Balaban J connectivity index is 3.18. The van der Waals surface area contributed by atoms with Crippen molar-refractivity contribution in [2.75, 3.05) is 5.75 Å². The van der Waals surface area contributed by atoms with Crippen LogP contribution in [0.2, 0.25) is 0 Å². The van der Waals surface area contributed by atoms with Gasteiger partial charge in [-0.15, -0.1) is 0 Å². The summed E-state index contributed by atoms with van der Waals surface area (Å²) in [7, 11) is 0. The van der Waals surface area contributed by atoms with Crippen molar-refractivity contribution in [3.8, 4) is 11.8 Å². The van der Waals surface area contributed by atoms with E-state index in [-0.39, 0.29) is 0 Å². The van der Waals surface area contributed by atoms with E-state index in [1.807, 2.05) is 0 Å². The number of hydrogen-bond donors (Lipinski definition) is 1. The molecule has 0 unspecified atom stereocenters. The zero-order valence-corrected chi connectivity index (χ0v) is 8.96. The molecule has 1 aromatic carbocycles. The highest BCUT2D eigenvalue weighted by Crippen LogP contribution is 2.10. The van der Waals surface area contributed by atoms with Gasteiger partial charge in [0.05, 0.1) is 0 Å². The molecule has 0 heterocycles. The molecule has 0 aliphatic carbocycles. The van der Waals surface area contributed by atoms with E-state index in [9.17, 15) is 9.59 Å². The van der Waals surface area contributed by atoms with E-state index in [1.165, 1.54) is 0 Å². The molecule has 0 saturated heterocycles. The third-order valence-corrected chi connectivity index (χ3v) is 2.06. The SMILES string of the molecule is O=Cc1cccc(C=O)c1C#CCCS. The van der Waals surface area contributed by atoms with Crippen molar-refractivity contribution in [2.45, 2.75) is 6.42 Å². The number of aldehydes is 2. The van der Waals surface area contributed by atoms with E-state index in [4.69, 9.17) is 0 Å². The molecule has 3 heteroatoms. The van der Waals surface area contributed by atoms with Crippen LogP contribution < -0.4 is 0 Å². The van der Waals surface area contributed by atoms with Gasteiger partial charge in [-0.25, -0.2) is 0 Å². The fourth-order valence-corrected chi connectivity index (χ4v) is 1.25. The Bertz CT molecular complexity index is 401. The quantitative estimate of drug-likeness (QED) is 0.478. The van der Waals surface area contributed by atoms with Crippen molar-refractivity contribution in [1.82, 2.24) is 0 Å². The molecule has 15 heavy (non-hydrogen) atoms. The fraction of sp³-hybridized carbons (Fsp3) is 0.167. The molecule has 0 spiro atoms. The van der Waals surface area contributed by atoms with Gasteiger partial charge in [0, 0.05) is 28.9 Å². The summed E-state index contributed by atoms with van der Waals surface area (Å²) in [6.07, 6.45) is 2.05. The van der Waals surface area contributed by atoms with Crippen molar-refractivity contribution in [3.63, 3.8) is 0 Å². The molecule has 0 saturated carbocycles. The molecule has 2 nitrogen and oxygen atoms in total. The normalized spacial score (nSPS) is 8.87. The predicted molar refractivity (Wildman–Crippen MR) is 62.6 cm³/mol. The second kappa shape index (κ2) is 6.05. The van der Waals surface area contributed by atoms with Crippen molar-refractivity contribution in [2.24, 2.45) is 0 Å². The number of hydrogen-bond acceptors (Lipinski definition) is 3. The van der Waals surface area contributed by atoms with Crippen molar-refractivity contribution in [1.29, 1.82) is 0 Å². The number of thiol groups is 1. The average Bonchev–Trinajstić information content (AvgIpc) is 2.29. The maximum Gasteiger partial charge on any atom is 0.151 e. The minimum absolute atomic E-state index is 0.450. The van der Waals surface area contributed by atoms with Crippen molar-refractivity contribution < 1.29 is 9.59 Å². The molecule has 0 fully saturated rings. The molecule has 1 aromatic rings. The zero-order valence-electron chi connectivity index (χ0n) is 8.06. The maximum atomic E-state index is 10.7. The molecule has 0 N–H and O–H groups in total. The van der Waals surface area contributed by atoms with E-state index < -0.39 is 0 Å². The van der Waals surface area contributed by atoms with Gasteiger partial charge in [0.1, 0.15) is 0 Å². The first-order chi connectivity index (χ1) is 7.33. The molecule has 0 amide bonds. The van der Waals surface area contributed by atoms with Gasteiger partial charge in [0.25, 0.3) is 0 Å². The standard InChI is InChI=1S/C12H10O2S/c13-8-10-4-3-5-11(9-14)12(10)6-1-2-7-15/h3-5,8-9,15H,2,7H2. The highest BCUT2D eigenvalue weighted by Gasteiger charge is 2.03. The number of carbonyl (C=O) groups excluding carboxylic acids is 2. The Morgan fingerprint density at radius 2 is 1.80 bits per heavy atom. The predicted octanol–water partition coefficient (Wildman–Crippen LogP) is 1.98. The van der Waals surface area contributed by atoms with Crippen LogP contribution in [0.4, 0.5) is 0 Å². The van der Waals surface area contributed by atoms with E-state index >= 15 is 0 Å². The summed E-state index contributed by atoms with van der Waals surface area (Å²) in [5.74, 6) is 6.34. The lowest BCUT2D eigenvalue weighted by atomic mass is 10.0. The van der Waals surface area contributed by atoms with E-state index in [0.717, 1.165) is 0 Å². The van der Waals surface area contributed by atoms with Crippen LogP contribution in [0.1, 0.15) is 32.7 Å². The number of benzene rings is 1. The molecule has 0 radical (unpaired) electrons. The smallest absolute Gasteiger partial charge is 0.151 e. The van der Waals surface area contributed by atoms with Gasteiger partial charge in [-0.2, -0.15) is 12.6 Å². The Kier molecular flexibility index (Phi) is 4.65. The van der Waals surface area contributed by atoms with Gasteiger partial charge in [-0.3, -0.25) is 9.59 Å². The Labute approximate surface area is 94.1 Å². The summed E-state index contributed by atoms with van der Waals surface area (Å²) in [6.45, 7) is 0. The van der Waals surface area contributed by atoms with E-state index in [1.54, 1.807) is 18.2 Å². The van der Waals surface area contributed by atoms with E-state index in [0.29, 0.717) is 41.4 Å². The molecule has 0 atom stereocenters. The van der Waals surface area contributed by atoms with Gasteiger partial charge >= 0.3 is 0 Å². The largest absolute Gasteiger partial charge is 0.298 e. The van der Waals surface area contributed by atoms with Gasteiger partial charge in [0.2, 0.25) is 0 Å². The van der Waals surface area contributed by atoms with Crippen LogP contribution in [0.3, 0.4) is 0 Å². The molecule has 0 aromatic heterocycles. The summed E-state index contributed by atoms with van der Waals surface area (Å²) in [4.78, 5) is 21.5. The van der Waals surface area contributed by atoms with Gasteiger partial charge in [-0.1, -0.05) is 30.0 Å². The molecule has 0 aliphatic heterocycles. The second-order valence-corrected chi connectivity index (χ2v) is 3.27. The van der Waals surface area contributed by atoms with Crippen LogP contribution in [-0.4, -0.2) is 18.3 Å². The third kappa shape index (κ3) is 2.97. The van der Waals surface area contributed by atoms with Gasteiger partial charge in [-0.05, 0) is 0 Å². The number of rotatable bonds is 3. The minimum Gasteiger partial charge on any atom is -0.298 e. The first-order valence-corrected chi connectivity index (χ1v) is 5.10. The third-order valence-electron chi connectivity index (χ3n) is 1.83. The number of carbonyl (C=O) groups is 2. The van der Waals surface area contributed by atoms with Gasteiger partial charge < -0.3 is 0 Å². The molecular formula is C12H10O2S. The Morgan fingerprint density at radius 1 is 1.20 bits per heavy atom. The Hall–Kier alpha value is -1.53. The highest BCUT2D eigenvalue weighted by atomic mass is 32.1. The molecule has 0 aliphatic rings. The average molecular weight is 218 g/mol. The fourth-order valence-electron chi connectivity index (χ4n) is 1.14. The van der Waals surface area contributed by atoms with Crippen LogP contribution in [0.15, 0.2) is 18.2 Å². The highest BCUT2D eigenvalue weighted by molar-refractivity contribution is 7.80. The summed E-state index contributed by atoms with van der Waals surface area (Å²) in [5, 5.41) is 0. The summed E-state index contributed by atoms with van der Waals surface area (Å²) in [6, 6.07) is 4.95. The summed E-state index contributed by atoms with van der Waals surface area (Å²) in [5.41, 5.74) is 1.40. The van der Waals surface area contributed by atoms with Crippen LogP contribution in [0.25, 0.3) is 0 Å². The lowest BCUT2D eigenvalue weighted by molar-refractivity contribution is 0.112. The summed E-state index contributed by atoms with van der Waals surface area (Å²) >= 11 is 4.02. The molecular weight excluding hydrogens is 208 g/mol. The van der Waals surface area contributed by atoms with Crippen molar-refractivity contribution >= 4 is 25.2 Å². The second-order valence-electron chi connectivity index (χ2n) is 2.82. The molecule has 1 rings (SSSR count). The lowest BCUT2D eigenvalue weighted by Crippen LogP contribution is -1.93. The molecule has 76 valence electrons. The van der Waals surface area contributed by atoms with Crippen LogP contribution in [0.5, 0.6) is 0 Å². The summed E-state index contributed by atoms with van der Waals surface area (Å²) < 4.78 is 0. The first kappa shape index (κ1) is 11.5. The zero-order chi connectivity index (χ0) is 11.1. The van der Waals surface area contributed by atoms with Gasteiger partial charge in [0.15, 0.2) is 12.6 Å². The topological polar surface area (TPSA) is 34.1 Å². The lowest BCUT2D eigenvalue weighted by Gasteiger charge is -1.99. The molecule has 0 bridgehead atoms. The Morgan fingerprint density at radius 3 is 2.27 bits per heavy atom. The van der Waals surface area contributed by atoms with Crippen molar-refractivity contribution in [3.05, 3.63) is 34.9 Å². The van der Waals surface area contributed by atoms with Crippen LogP contribution >= 0.6 is 12.6 Å². The van der Waals surface area contributed by atoms with Crippen LogP contribution in [-0.2, 0) is 0 Å². The first-order valence-electron chi connectivity index (χ1n) is 4.46. The maximum absolute atomic E-state index is 10.7. The minimum atomic E-state index is 0.450. The monoisotopic (exact) mass is 218 g/mol. The van der Waals surface area contributed by atoms with E-state index in [2.05, 4.69) is 24.5 Å². The van der Waals surface area contributed by atoms with Crippen LogP contribution in [0, 0.1) is 11.8 Å².